The zero-order valence-corrected chi connectivity index (χ0v) is 11.0. The van der Waals surface area contributed by atoms with Crippen molar-refractivity contribution < 1.29 is 0 Å². The van der Waals surface area contributed by atoms with Crippen molar-refractivity contribution in [2.45, 2.75) is 32.4 Å². The van der Waals surface area contributed by atoms with Crippen molar-refractivity contribution in [3.05, 3.63) is 33.5 Å². The maximum absolute atomic E-state index is 3.74. The monoisotopic (exact) mass is 273 g/mol. The van der Waals surface area contributed by atoms with Gasteiger partial charge >= 0.3 is 0 Å². The number of nitrogens with one attached hydrogen (secondary N) is 1. The summed E-state index contributed by atoms with van der Waals surface area (Å²) < 4.78 is 1.19. The normalized spacial score (nSPS) is 15.1. The first-order chi connectivity index (χ1) is 6.63. The van der Waals surface area contributed by atoms with Gasteiger partial charge in [-0.25, -0.2) is 0 Å². The number of rotatable bonds is 5. The van der Waals surface area contributed by atoms with Crippen LogP contribution in [0.4, 0.5) is 0 Å². The third-order valence-corrected chi connectivity index (χ3v) is 3.88. The average molecular weight is 274 g/mol. The van der Waals surface area contributed by atoms with Gasteiger partial charge in [-0.1, -0.05) is 6.08 Å². The van der Waals surface area contributed by atoms with E-state index in [9.17, 15) is 0 Å². The summed E-state index contributed by atoms with van der Waals surface area (Å²) in [6.45, 7) is 8.11. The van der Waals surface area contributed by atoms with E-state index in [0.717, 1.165) is 6.42 Å². The molecule has 0 fully saturated rings. The van der Waals surface area contributed by atoms with Crippen LogP contribution in [0.25, 0.3) is 0 Å². The van der Waals surface area contributed by atoms with Crippen LogP contribution in [0.15, 0.2) is 28.6 Å². The maximum atomic E-state index is 3.74. The molecule has 0 amide bonds. The molecule has 1 N–H and O–H groups in total. The van der Waals surface area contributed by atoms with Crippen LogP contribution in [0.2, 0.25) is 0 Å². The van der Waals surface area contributed by atoms with Gasteiger partial charge in [0.15, 0.2) is 0 Å². The van der Waals surface area contributed by atoms with Gasteiger partial charge < -0.3 is 5.32 Å². The summed E-state index contributed by atoms with van der Waals surface area (Å²) in [5, 5.41) is 3.53. The summed E-state index contributed by atoms with van der Waals surface area (Å²) >= 11 is 5.26. The van der Waals surface area contributed by atoms with Crippen LogP contribution in [0.3, 0.4) is 0 Å². The molecule has 1 nitrogen and oxygen atoms in total. The van der Waals surface area contributed by atoms with Crippen LogP contribution in [0, 0.1) is 0 Å². The van der Waals surface area contributed by atoms with E-state index in [2.05, 4.69) is 53.8 Å². The zero-order valence-electron chi connectivity index (χ0n) is 8.59. The molecule has 2 atom stereocenters. The summed E-state index contributed by atoms with van der Waals surface area (Å²) in [4.78, 5) is 1.37. The van der Waals surface area contributed by atoms with Crippen molar-refractivity contribution >= 4 is 27.3 Å². The largest absolute Gasteiger partial charge is 0.307 e. The van der Waals surface area contributed by atoms with E-state index in [-0.39, 0.29) is 0 Å². The third-order valence-electron chi connectivity index (χ3n) is 2.08. The second-order valence-corrected chi connectivity index (χ2v) is 5.95. The molecule has 1 aromatic rings. The highest BCUT2D eigenvalue weighted by atomic mass is 79.9. The molecule has 0 aliphatic heterocycles. The number of halogens is 1. The van der Waals surface area contributed by atoms with Crippen LogP contribution in [0.1, 0.15) is 31.2 Å². The Kier molecular flexibility index (Phi) is 4.85. The molecule has 1 heterocycles. The Morgan fingerprint density at radius 3 is 2.79 bits per heavy atom. The summed E-state index contributed by atoms with van der Waals surface area (Å²) in [7, 11) is 0. The summed E-state index contributed by atoms with van der Waals surface area (Å²) in [6.07, 6.45) is 2.96. The quantitative estimate of drug-likeness (QED) is 0.796. The molecule has 0 aliphatic carbocycles. The maximum Gasteiger partial charge on any atom is 0.0701 e. The van der Waals surface area contributed by atoms with Gasteiger partial charge in [0.2, 0.25) is 0 Å². The smallest absolute Gasteiger partial charge is 0.0701 e. The fourth-order valence-corrected chi connectivity index (χ4v) is 2.82. The number of hydrogen-bond acceptors (Lipinski definition) is 2. The van der Waals surface area contributed by atoms with E-state index in [0.29, 0.717) is 12.1 Å². The first-order valence-corrected chi connectivity index (χ1v) is 6.36. The van der Waals surface area contributed by atoms with Crippen molar-refractivity contribution in [3.63, 3.8) is 0 Å². The first-order valence-electron chi connectivity index (χ1n) is 4.75. The van der Waals surface area contributed by atoms with E-state index in [4.69, 9.17) is 0 Å². The molecule has 78 valence electrons. The van der Waals surface area contributed by atoms with Crippen molar-refractivity contribution in [2.24, 2.45) is 0 Å². The molecule has 3 heteroatoms. The Bertz CT molecular complexity index is 295. The fourth-order valence-electron chi connectivity index (χ4n) is 1.39. The average Bonchev–Trinajstić information content (AvgIpc) is 2.52. The predicted octanol–water partition coefficient (Wildman–Crippen LogP) is 4.13. The fraction of sp³-hybridized carbons (Fsp3) is 0.455. The minimum Gasteiger partial charge on any atom is -0.307 e. The van der Waals surface area contributed by atoms with E-state index in [1.807, 2.05) is 6.08 Å². The molecule has 14 heavy (non-hydrogen) atoms. The second-order valence-electron chi connectivity index (χ2n) is 3.46. The van der Waals surface area contributed by atoms with Crippen LogP contribution in [-0.2, 0) is 0 Å². The van der Waals surface area contributed by atoms with Crippen molar-refractivity contribution in [1.29, 1.82) is 0 Å². The minimum atomic E-state index is 0.418. The van der Waals surface area contributed by atoms with Crippen LogP contribution >= 0.6 is 27.3 Å². The molecule has 2 unspecified atom stereocenters. The highest BCUT2D eigenvalue weighted by Gasteiger charge is 2.09. The molecular weight excluding hydrogens is 258 g/mol. The van der Waals surface area contributed by atoms with Gasteiger partial charge in [-0.05, 0) is 48.3 Å². The molecule has 0 aliphatic rings. The Balaban J connectivity index is 2.49. The first kappa shape index (κ1) is 12.0. The zero-order chi connectivity index (χ0) is 10.6. The molecule has 0 spiro atoms. The van der Waals surface area contributed by atoms with Crippen LogP contribution < -0.4 is 5.32 Å². The van der Waals surface area contributed by atoms with E-state index in [1.54, 1.807) is 11.3 Å². The van der Waals surface area contributed by atoms with Crippen molar-refractivity contribution in [1.82, 2.24) is 5.32 Å². The Morgan fingerprint density at radius 1 is 1.57 bits per heavy atom. The highest BCUT2D eigenvalue weighted by Crippen LogP contribution is 2.27. The number of thiophene rings is 1. The molecule has 1 rings (SSSR count). The van der Waals surface area contributed by atoms with Gasteiger partial charge in [0.25, 0.3) is 0 Å². The summed E-state index contributed by atoms with van der Waals surface area (Å²) in [6, 6.07) is 5.16. The topological polar surface area (TPSA) is 12.0 Å². The molecule has 0 bridgehead atoms. The second kappa shape index (κ2) is 5.69. The van der Waals surface area contributed by atoms with Crippen molar-refractivity contribution in [3.8, 4) is 0 Å². The Morgan fingerprint density at radius 2 is 2.29 bits per heavy atom. The Labute approximate surface area is 98.4 Å². The highest BCUT2D eigenvalue weighted by molar-refractivity contribution is 9.11. The van der Waals surface area contributed by atoms with Gasteiger partial charge in [-0.15, -0.1) is 17.9 Å². The van der Waals surface area contributed by atoms with Crippen molar-refractivity contribution in [2.75, 3.05) is 0 Å². The van der Waals surface area contributed by atoms with Gasteiger partial charge in [0, 0.05) is 17.0 Å². The van der Waals surface area contributed by atoms with E-state index < -0.39 is 0 Å². The predicted molar refractivity (Wildman–Crippen MR) is 67.8 cm³/mol. The molecule has 0 aromatic carbocycles. The lowest BCUT2D eigenvalue weighted by Gasteiger charge is -2.17. The van der Waals surface area contributed by atoms with Crippen LogP contribution in [0.5, 0.6) is 0 Å². The van der Waals surface area contributed by atoms with E-state index in [1.165, 1.54) is 8.66 Å². The summed E-state index contributed by atoms with van der Waals surface area (Å²) in [5.74, 6) is 0. The van der Waals surface area contributed by atoms with Gasteiger partial charge in [-0.3, -0.25) is 0 Å². The molecule has 0 saturated heterocycles. The van der Waals surface area contributed by atoms with Gasteiger partial charge in [0.05, 0.1) is 3.79 Å². The standard InChI is InChI=1S/C11H16BrNS/c1-4-5-8(2)13-9(3)10-6-7-11(12)14-10/h4,6-9,13H,1,5H2,2-3H3. The lowest BCUT2D eigenvalue weighted by Crippen LogP contribution is -2.27. The summed E-state index contributed by atoms with van der Waals surface area (Å²) in [5.41, 5.74) is 0. The van der Waals surface area contributed by atoms with E-state index >= 15 is 0 Å². The lowest BCUT2D eigenvalue weighted by atomic mass is 10.2. The number of hydrogen-bond donors (Lipinski definition) is 1. The Hall–Kier alpha value is -0.120. The van der Waals surface area contributed by atoms with Gasteiger partial charge in [0.1, 0.15) is 0 Å². The SMILES string of the molecule is C=CCC(C)NC(C)c1ccc(Br)s1. The third kappa shape index (κ3) is 3.56. The lowest BCUT2D eigenvalue weighted by molar-refractivity contribution is 0.487. The minimum absolute atomic E-state index is 0.418. The van der Waals surface area contributed by atoms with Gasteiger partial charge in [-0.2, -0.15) is 0 Å². The molecule has 0 radical (unpaired) electrons. The molecule has 1 aromatic heterocycles. The molecule has 0 saturated carbocycles. The van der Waals surface area contributed by atoms with Crippen LogP contribution in [-0.4, -0.2) is 6.04 Å². The molecular formula is C11H16BrNS.